The Labute approximate surface area is 198 Å². The largest absolute Gasteiger partial charge is 0.490 e. The Hall–Kier alpha value is -3.80. The van der Waals surface area contributed by atoms with Crippen molar-refractivity contribution in [3.05, 3.63) is 72.3 Å². The predicted octanol–water partition coefficient (Wildman–Crippen LogP) is 3.02. The quantitative estimate of drug-likeness (QED) is 0.525. The van der Waals surface area contributed by atoms with E-state index >= 15 is 0 Å². The predicted molar refractivity (Wildman–Crippen MR) is 126 cm³/mol. The molecule has 8 nitrogen and oxygen atoms in total. The second-order valence-electron chi connectivity index (χ2n) is 8.14. The van der Waals surface area contributed by atoms with E-state index in [1.807, 2.05) is 48.5 Å². The van der Waals surface area contributed by atoms with Crippen molar-refractivity contribution in [2.75, 3.05) is 26.8 Å². The molecule has 176 valence electrons. The average Bonchev–Trinajstić information content (AvgIpc) is 3.46. The molecule has 1 fully saturated rings. The van der Waals surface area contributed by atoms with E-state index in [-0.39, 0.29) is 18.8 Å². The molecule has 3 aromatic rings. The summed E-state index contributed by atoms with van der Waals surface area (Å²) in [5, 5.41) is 19.6. The van der Waals surface area contributed by atoms with Gasteiger partial charge in [-0.15, -0.1) is 0 Å². The van der Waals surface area contributed by atoms with Crippen LogP contribution in [0, 0.1) is 11.8 Å². The zero-order chi connectivity index (χ0) is 24.1. The number of aromatic nitrogens is 2. The second-order valence-corrected chi connectivity index (χ2v) is 8.14. The van der Waals surface area contributed by atoms with Crippen LogP contribution in [-0.2, 0) is 4.74 Å². The van der Waals surface area contributed by atoms with Crippen LogP contribution in [0.1, 0.15) is 30.5 Å². The topological polar surface area (TPSA) is 97.1 Å². The number of ether oxygens (including phenoxy) is 2. The average molecular weight is 462 g/mol. The summed E-state index contributed by atoms with van der Waals surface area (Å²) in [6.07, 6.45) is 1.95. The molecule has 0 aliphatic carbocycles. The summed E-state index contributed by atoms with van der Waals surface area (Å²) in [5.41, 5.74) is 2.89. The lowest BCUT2D eigenvalue weighted by molar-refractivity contribution is 0.103. The number of cyclic esters (lactones) is 1. The van der Waals surface area contributed by atoms with E-state index in [4.69, 9.17) is 9.47 Å². The van der Waals surface area contributed by atoms with Crippen LogP contribution in [0.2, 0.25) is 0 Å². The molecule has 2 N–H and O–H groups in total. The summed E-state index contributed by atoms with van der Waals surface area (Å²) in [7, 11) is 1.70. The number of aliphatic hydroxyl groups excluding tert-OH is 2. The fourth-order valence-electron chi connectivity index (χ4n) is 3.70. The minimum Gasteiger partial charge on any atom is -0.490 e. The van der Waals surface area contributed by atoms with Gasteiger partial charge in [0.15, 0.2) is 6.10 Å². The Morgan fingerprint density at radius 2 is 1.85 bits per heavy atom. The highest BCUT2D eigenvalue weighted by molar-refractivity contribution is 5.69. The normalized spacial score (nSPS) is 17.0. The second kappa shape index (κ2) is 10.4. The molecule has 1 saturated heterocycles. The summed E-state index contributed by atoms with van der Waals surface area (Å²) in [5.74, 6) is 7.32. The highest BCUT2D eigenvalue weighted by Crippen LogP contribution is 2.23. The van der Waals surface area contributed by atoms with Crippen molar-refractivity contribution < 1.29 is 24.5 Å². The van der Waals surface area contributed by atoms with Crippen LogP contribution < -0.4 is 4.74 Å². The third-order valence-corrected chi connectivity index (χ3v) is 5.53. The molecule has 0 saturated carbocycles. The van der Waals surface area contributed by atoms with Crippen molar-refractivity contribution in [1.29, 1.82) is 0 Å². The molecule has 4 rings (SSSR count). The Bertz CT molecular complexity index is 1180. The highest BCUT2D eigenvalue weighted by atomic mass is 16.6. The number of aliphatic hydroxyl groups is 2. The van der Waals surface area contributed by atoms with Gasteiger partial charge in [0.25, 0.3) is 0 Å². The summed E-state index contributed by atoms with van der Waals surface area (Å²) < 4.78 is 12.6. The van der Waals surface area contributed by atoms with Crippen molar-refractivity contribution in [3.8, 4) is 28.7 Å². The van der Waals surface area contributed by atoms with Crippen LogP contribution in [0.4, 0.5) is 4.79 Å². The van der Waals surface area contributed by atoms with Crippen molar-refractivity contribution in [2.45, 2.75) is 25.2 Å². The Balaban J connectivity index is 1.38. The van der Waals surface area contributed by atoms with Gasteiger partial charge in [-0.2, -0.15) is 0 Å². The van der Waals surface area contributed by atoms with E-state index in [0.717, 1.165) is 16.7 Å². The van der Waals surface area contributed by atoms with E-state index in [0.29, 0.717) is 24.7 Å². The van der Waals surface area contributed by atoms with Crippen molar-refractivity contribution in [2.24, 2.45) is 0 Å². The van der Waals surface area contributed by atoms with E-state index in [9.17, 15) is 15.0 Å². The zero-order valence-electron chi connectivity index (χ0n) is 19.1. The summed E-state index contributed by atoms with van der Waals surface area (Å²) in [4.78, 5) is 17.1. The number of benzene rings is 2. The molecule has 2 heterocycles. The van der Waals surface area contributed by atoms with Gasteiger partial charge in [0.2, 0.25) is 0 Å². The van der Waals surface area contributed by atoms with Crippen molar-refractivity contribution in [3.63, 3.8) is 0 Å². The van der Waals surface area contributed by atoms with Crippen LogP contribution in [0.15, 0.2) is 60.9 Å². The number of carbonyl (C=O) groups excluding carboxylic acids is 1. The molecule has 8 heteroatoms. The Morgan fingerprint density at radius 3 is 2.44 bits per heavy atom. The molecule has 3 atom stereocenters. The lowest BCUT2D eigenvalue weighted by Crippen LogP contribution is -2.23. The number of nitrogens with zero attached hydrogens (tertiary/aromatic N) is 3. The van der Waals surface area contributed by atoms with Crippen molar-refractivity contribution >= 4 is 6.09 Å². The van der Waals surface area contributed by atoms with Crippen LogP contribution in [0.25, 0.3) is 11.1 Å². The van der Waals surface area contributed by atoms with E-state index in [1.165, 1.54) is 4.90 Å². The lowest BCUT2D eigenvalue weighted by Gasteiger charge is -2.14. The van der Waals surface area contributed by atoms with Crippen LogP contribution in [0.5, 0.6) is 5.75 Å². The first-order valence-corrected chi connectivity index (χ1v) is 11.0. The first kappa shape index (κ1) is 23.4. The first-order valence-electron chi connectivity index (χ1n) is 11.0. The molecular weight excluding hydrogens is 434 g/mol. The Kier molecular flexibility index (Phi) is 7.16. The van der Waals surface area contributed by atoms with Gasteiger partial charge in [0, 0.05) is 25.0 Å². The molecule has 0 radical (unpaired) electrons. The van der Waals surface area contributed by atoms with Gasteiger partial charge in [-0.3, -0.25) is 0 Å². The number of rotatable bonds is 7. The minimum absolute atomic E-state index is 0.185. The van der Waals surface area contributed by atoms with Crippen LogP contribution >= 0.6 is 0 Å². The van der Waals surface area contributed by atoms with Crippen LogP contribution in [0.3, 0.4) is 0 Å². The van der Waals surface area contributed by atoms with Gasteiger partial charge in [0.05, 0.1) is 13.2 Å². The van der Waals surface area contributed by atoms with Gasteiger partial charge < -0.3 is 29.2 Å². The van der Waals surface area contributed by atoms with Crippen LogP contribution in [-0.4, -0.2) is 63.7 Å². The number of hydrogen-bond donors (Lipinski definition) is 2. The molecule has 34 heavy (non-hydrogen) atoms. The molecule has 2 aromatic carbocycles. The zero-order valence-corrected chi connectivity index (χ0v) is 19.1. The standard InChI is InChI=1S/C26H27N3O5/c1-18(31)25-27-13-14-29(25)22(16-30)10-5-19-3-6-20(7-4-19)21-8-11-23(12-9-21)33-17-24-15-28(2)26(32)34-24/h3-4,6-9,11-14,18,22,24,30-31H,15-17H2,1-2H3/t18-,22-,24-/m0/s1. The summed E-state index contributed by atoms with van der Waals surface area (Å²) >= 11 is 0. The van der Waals surface area contributed by atoms with E-state index in [2.05, 4.69) is 16.8 Å². The monoisotopic (exact) mass is 461 g/mol. The molecular formula is C26H27N3O5. The minimum atomic E-state index is -0.746. The van der Waals surface area contributed by atoms with E-state index in [1.54, 1.807) is 30.9 Å². The smallest absolute Gasteiger partial charge is 0.410 e. The van der Waals surface area contributed by atoms with Gasteiger partial charge in [-0.1, -0.05) is 36.1 Å². The van der Waals surface area contributed by atoms with E-state index < -0.39 is 12.1 Å². The molecule has 0 unspecified atom stereocenters. The maximum atomic E-state index is 11.4. The fourth-order valence-corrected chi connectivity index (χ4v) is 3.70. The number of imidazole rings is 1. The maximum Gasteiger partial charge on any atom is 0.410 e. The van der Waals surface area contributed by atoms with Gasteiger partial charge in [-0.25, -0.2) is 9.78 Å². The first-order chi connectivity index (χ1) is 16.4. The molecule has 1 aliphatic heterocycles. The number of hydrogen-bond acceptors (Lipinski definition) is 6. The van der Waals surface area contributed by atoms with Gasteiger partial charge in [-0.05, 0) is 42.3 Å². The fraction of sp³-hybridized carbons (Fsp3) is 0.308. The molecule has 1 aliphatic rings. The SMILES string of the molecule is C[C@H](O)c1nccn1[C@@H](C#Cc1ccc(-c2ccc(OC[C@@H]3CN(C)C(=O)O3)cc2)cc1)CO. The third-order valence-electron chi connectivity index (χ3n) is 5.53. The Morgan fingerprint density at radius 1 is 1.18 bits per heavy atom. The number of carbonyl (C=O) groups is 1. The van der Waals surface area contributed by atoms with Gasteiger partial charge >= 0.3 is 6.09 Å². The highest BCUT2D eigenvalue weighted by Gasteiger charge is 2.28. The molecule has 1 aromatic heterocycles. The van der Waals surface area contributed by atoms with Crippen molar-refractivity contribution in [1.82, 2.24) is 14.5 Å². The third kappa shape index (κ3) is 5.39. The lowest BCUT2D eigenvalue weighted by atomic mass is 10.0. The summed E-state index contributed by atoms with van der Waals surface area (Å²) in [6.45, 7) is 2.28. The number of likely N-dealkylation sites (N-methyl/N-ethyl adjacent to an activating group) is 1. The molecule has 0 bridgehead atoms. The molecule has 0 spiro atoms. The summed E-state index contributed by atoms with van der Waals surface area (Å²) in [6, 6.07) is 15.1. The number of amides is 1. The maximum absolute atomic E-state index is 11.4. The van der Waals surface area contributed by atoms with Gasteiger partial charge in [0.1, 0.15) is 30.3 Å². The molecule has 1 amide bonds.